The maximum atomic E-state index is 12.8. The Balaban J connectivity index is 2.34. The number of hydrogen-bond acceptors (Lipinski definition) is 2. The summed E-state index contributed by atoms with van der Waals surface area (Å²) in [5.74, 6) is -0.373. The first-order valence-corrected chi connectivity index (χ1v) is 4.83. The molecule has 0 unspecified atom stereocenters. The van der Waals surface area contributed by atoms with E-state index in [1.807, 2.05) is 0 Å². The zero-order valence-corrected chi connectivity index (χ0v) is 8.85. The zero-order valence-electron chi connectivity index (χ0n) is 8.85. The lowest BCUT2D eigenvalue weighted by molar-refractivity contribution is 0.626. The summed E-state index contributed by atoms with van der Waals surface area (Å²) in [4.78, 5) is 11.6. The number of nitrogen functional groups attached to an aromatic ring is 1. The predicted molar refractivity (Wildman–Crippen MR) is 59.6 cm³/mol. The lowest BCUT2D eigenvalue weighted by Gasteiger charge is -2.05. The van der Waals surface area contributed by atoms with Crippen molar-refractivity contribution >= 4 is 5.69 Å². The van der Waals surface area contributed by atoms with Gasteiger partial charge in [-0.15, -0.1) is 0 Å². The number of rotatable bonds is 2. The quantitative estimate of drug-likeness (QED) is 0.768. The zero-order chi connectivity index (χ0) is 11.7. The molecule has 1 heterocycles. The minimum Gasteiger partial charge on any atom is -0.398 e. The highest BCUT2D eigenvalue weighted by atomic mass is 19.1. The SMILES string of the molecule is Cn1ccn(Cc2ccc(F)cc2N)c1=O. The van der Waals surface area contributed by atoms with Crippen molar-refractivity contribution in [3.8, 4) is 0 Å². The molecule has 16 heavy (non-hydrogen) atoms. The maximum Gasteiger partial charge on any atom is 0.328 e. The van der Waals surface area contributed by atoms with Crippen LogP contribution in [0.1, 0.15) is 5.56 Å². The summed E-state index contributed by atoms with van der Waals surface area (Å²) >= 11 is 0. The van der Waals surface area contributed by atoms with Crippen molar-refractivity contribution in [3.63, 3.8) is 0 Å². The Kier molecular flexibility index (Phi) is 2.52. The lowest BCUT2D eigenvalue weighted by Crippen LogP contribution is -2.22. The molecule has 0 fully saturated rings. The van der Waals surface area contributed by atoms with Crippen molar-refractivity contribution < 1.29 is 4.39 Å². The smallest absolute Gasteiger partial charge is 0.328 e. The first-order chi connectivity index (χ1) is 7.58. The van der Waals surface area contributed by atoms with E-state index < -0.39 is 0 Å². The van der Waals surface area contributed by atoms with Crippen LogP contribution in [0.3, 0.4) is 0 Å². The minimum absolute atomic E-state index is 0.122. The van der Waals surface area contributed by atoms with Gasteiger partial charge in [0.1, 0.15) is 5.82 Å². The Bertz CT molecular complexity index is 571. The van der Waals surface area contributed by atoms with Gasteiger partial charge in [0.15, 0.2) is 0 Å². The Labute approximate surface area is 91.7 Å². The van der Waals surface area contributed by atoms with E-state index in [1.54, 1.807) is 25.5 Å². The van der Waals surface area contributed by atoms with Crippen LogP contribution < -0.4 is 11.4 Å². The van der Waals surface area contributed by atoms with E-state index in [2.05, 4.69) is 0 Å². The highest BCUT2D eigenvalue weighted by Gasteiger charge is 2.04. The average Bonchev–Trinajstić information content (AvgIpc) is 2.54. The number of imidazole rings is 1. The van der Waals surface area contributed by atoms with Gasteiger partial charge in [-0.05, 0) is 17.7 Å². The number of aromatic nitrogens is 2. The van der Waals surface area contributed by atoms with Crippen LogP contribution in [0, 0.1) is 5.82 Å². The molecule has 0 bridgehead atoms. The molecule has 5 heteroatoms. The van der Waals surface area contributed by atoms with Crippen LogP contribution in [0.4, 0.5) is 10.1 Å². The van der Waals surface area contributed by atoms with Crippen LogP contribution in [-0.2, 0) is 13.6 Å². The fourth-order valence-electron chi connectivity index (χ4n) is 1.52. The fraction of sp³-hybridized carbons (Fsp3) is 0.182. The molecule has 0 amide bonds. The summed E-state index contributed by atoms with van der Waals surface area (Å²) < 4.78 is 15.8. The van der Waals surface area contributed by atoms with E-state index in [-0.39, 0.29) is 11.5 Å². The van der Waals surface area contributed by atoms with Crippen LogP contribution in [-0.4, -0.2) is 9.13 Å². The molecule has 0 aliphatic rings. The molecule has 0 aliphatic heterocycles. The van der Waals surface area contributed by atoms with Gasteiger partial charge in [-0.2, -0.15) is 0 Å². The third-order valence-electron chi connectivity index (χ3n) is 2.47. The van der Waals surface area contributed by atoms with Gasteiger partial charge < -0.3 is 10.3 Å². The highest BCUT2D eigenvalue weighted by Crippen LogP contribution is 2.13. The summed E-state index contributed by atoms with van der Waals surface area (Å²) in [6, 6.07) is 4.17. The van der Waals surface area contributed by atoms with E-state index in [0.717, 1.165) is 5.56 Å². The highest BCUT2D eigenvalue weighted by molar-refractivity contribution is 5.46. The second-order valence-corrected chi connectivity index (χ2v) is 3.66. The van der Waals surface area contributed by atoms with Crippen LogP contribution in [0.5, 0.6) is 0 Å². The van der Waals surface area contributed by atoms with E-state index in [9.17, 15) is 9.18 Å². The van der Waals surface area contributed by atoms with Gasteiger partial charge >= 0.3 is 5.69 Å². The second-order valence-electron chi connectivity index (χ2n) is 3.66. The van der Waals surface area contributed by atoms with E-state index >= 15 is 0 Å². The molecule has 84 valence electrons. The first-order valence-electron chi connectivity index (χ1n) is 4.83. The fourth-order valence-corrected chi connectivity index (χ4v) is 1.52. The molecule has 0 saturated heterocycles. The van der Waals surface area contributed by atoms with Crippen molar-refractivity contribution in [2.24, 2.45) is 7.05 Å². The van der Waals surface area contributed by atoms with Gasteiger partial charge in [-0.3, -0.25) is 4.57 Å². The molecule has 0 aliphatic carbocycles. The molecule has 2 N–H and O–H groups in total. The number of anilines is 1. The summed E-state index contributed by atoms with van der Waals surface area (Å²) in [5, 5.41) is 0. The van der Waals surface area contributed by atoms with E-state index in [4.69, 9.17) is 5.73 Å². The lowest BCUT2D eigenvalue weighted by atomic mass is 10.2. The minimum atomic E-state index is -0.373. The van der Waals surface area contributed by atoms with Crippen LogP contribution in [0.2, 0.25) is 0 Å². The van der Waals surface area contributed by atoms with Gasteiger partial charge in [0, 0.05) is 25.1 Å². The van der Waals surface area contributed by atoms with E-state index in [0.29, 0.717) is 12.2 Å². The van der Waals surface area contributed by atoms with Gasteiger partial charge in [0.25, 0.3) is 0 Å². The van der Waals surface area contributed by atoms with E-state index in [1.165, 1.54) is 21.3 Å². The summed E-state index contributed by atoms with van der Waals surface area (Å²) in [7, 11) is 1.67. The third-order valence-corrected chi connectivity index (χ3v) is 2.47. The Morgan fingerprint density at radius 3 is 2.69 bits per heavy atom. The molecule has 0 radical (unpaired) electrons. The van der Waals surface area contributed by atoms with Crippen molar-refractivity contribution in [2.45, 2.75) is 6.54 Å². The van der Waals surface area contributed by atoms with Crippen LogP contribution >= 0.6 is 0 Å². The molecule has 2 rings (SSSR count). The van der Waals surface area contributed by atoms with Crippen molar-refractivity contribution in [2.75, 3.05) is 5.73 Å². The molecule has 0 spiro atoms. The third kappa shape index (κ3) is 1.84. The maximum absolute atomic E-state index is 12.8. The number of benzene rings is 1. The van der Waals surface area contributed by atoms with Gasteiger partial charge in [-0.25, -0.2) is 9.18 Å². The van der Waals surface area contributed by atoms with Crippen molar-refractivity contribution in [1.29, 1.82) is 0 Å². The standard InChI is InChI=1S/C11H12FN3O/c1-14-4-5-15(11(14)16)7-8-2-3-9(12)6-10(8)13/h2-6H,7,13H2,1H3. The monoisotopic (exact) mass is 221 g/mol. The number of halogens is 1. The second kappa shape index (κ2) is 3.84. The largest absolute Gasteiger partial charge is 0.398 e. The Morgan fingerprint density at radius 1 is 1.38 bits per heavy atom. The summed E-state index contributed by atoms with van der Waals surface area (Å²) in [6.45, 7) is 0.353. The number of nitrogens with two attached hydrogens (primary N) is 1. The van der Waals surface area contributed by atoms with Gasteiger partial charge in [0.05, 0.1) is 6.54 Å². The van der Waals surface area contributed by atoms with Crippen molar-refractivity contribution in [3.05, 3.63) is 52.5 Å². The Morgan fingerprint density at radius 2 is 2.12 bits per heavy atom. The predicted octanol–water partition coefficient (Wildman–Crippen LogP) is 0.956. The molecular formula is C11H12FN3O. The normalized spacial score (nSPS) is 10.6. The molecular weight excluding hydrogens is 209 g/mol. The molecule has 1 aromatic carbocycles. The number of hydrogen-bond donors (Lipinski definition) is 1. The van der Waals surface area contributed by atoms with Crippen molar-refractivity contribution in [1.82, 2.24) is 9.13 Å². The van der Waals surface area contributed by atoms with Crippen LogP contribution in [0.15, 0.2) is 35.4 Å². The molecule has 4 nitrogen and oxygen atoms in total. The summed E-state index contributed by atoms with van der Waals surface area (Å²) in [6.07, 6.45) is 3.34. The topological polar surface area (TPSA) is 52.9 Å². The van der Waals surface area contributed by atoms with Gasteiger partial charge in [0.2, 0.25) is 0 Å². The summed E-state index contributed by atoms with van der Waals surface area (Å²) in [5.41, 5.74) is 6.63. The number of aryl methyl sites for hydroxylation is 1. The average molecular weight is 221 g/mol. The molecule has 0 saturated carbocycles. The van der Waals surface area contributed by atoms with Gasteiger partial charge in [-0.1, -0.05) is 6.07 Å². The number of nitrogens with zero attached hydrogens (tertiary/aromatic N) is 2. The Hall–Kier alpha value is -2.04. The van der Waals surface area contributed by atoms with Crippen LogP contribution in [0.25, 0.3) is 0 Å². The molecule has 1 aromatic heterocycles. The molecule has 0 atom stereocenters. The molecule has 2 aromatic rings. The first kappa shape index (κ1) is 10.5.